The van der Waals surface area contributed by atoms with E-state index in [1.807, 2.05) is 12.1 Å². The number of rotatable bonds is 5. The number of aromatic nitrogens is 2. The van der Waals surface area contributed by atoms with Gasteiger partial charge < -0.3 is 14.6 Å². The normalized spacial score (nSPS) is 16.0. The van der Waals surface area contributed by atoms with Gasteiger partial charge >= 0.3 is 6.03 Å². The van der Waals surface area contributed by atoms with Gasteiger partial charge in [-0.2, -0.15) is 0 Å². The van der Waals surface area contributed by atoms with Gasteiger partial charge in [0.25, 0.3) is 0 Å². The third-order valence-corrected chi connectivity index (χ3v) is 4.87. The number of hydrogen-bond donors (Lipinski definition) is 1. The molecule has 0 saturated heterocycles. The molecule has 0 unspecified atom stereocenters. The fourth-order valence-electron chi connectivity index (χ4n) is 3.54. The van der Waals surface area contributed by atoms with Crippen molar-refractivity contribution in [3.8, 4) is 0 Å². The van der Waals surface area contributed by atoms with Crippen LogP contribution in [0, 0.1) is 12.7 Å². The van der Waals surface area contributed by atoms with Crippen LogP contribution < -0.4 is 5.32 Å². The van der Waals surface area contributed by atoms with E-state index < -0.39 is 0 Å². The molecular weight excluding hydrogens is 323 g/mol. The summed E-state index contributed by atoms with van der Waals surface area (Å²) in [5.41, 5.74) is 0.367. The summed E-state index contributed by atoms with van der Waals surface area (Å²) in [4.78, 5) is 13.9. The van der Waals surface area contributed by atoms with Crippen LogP contribution in [0.5, 0.6) is 0 Å². The molecule has 1 aliphatic rings. The average Bonchev–Trinajstić information content (AvgIpc) is 3.23. The molecule has 1 aliphatic carbocycles. The lowest BCUT2D eigenvalue weighted by molar-refractivity contribution is 0.198. The number of carbonyl (C=O) groups excluding carboxylic acids is 1. The van der Waals surface area contributed by atoms with Crippen molar-refractivity contribution in [1.82, 2.24) is 20.4 Å². The summed E-state index contributed by atoms with van der Waals surface area (Å²) in [5, 5.41) is 10.6. The van der Waals surface area contributed by atoms with Gasteiger partial charge in [0.15, 0.2) is 0 Å². The lowest BCUT2D eigenvalue weighted by Crippen LogP contribution is -2.44. The molecule has 3 rings (SSSR count). The second-order valence-corrected chi connectivity index (χ2v) is 6.70. The smallest absolute Gasteiger partial charge is 0.317 e. The fourth-order valence-corrected chi connectivity index (χ4v) is 3.54. The van der Waals surface area contributed by atoms with Gasteiger partial charge in [-0.05, 0) is 24.5 Å². The minimum Gasteiger partial charge on any atom is -0.424 e. The standard InChI is InChI=1S/C18H23FN4O2/c1-13-21-22-16(25-13)11-23(2)17(24)20-12-18(9-5-6-10-18)14-7-3-4-8-15(14)19/h3-4,7-8H,5-6,9-12H2,1-2H3,(H,20,24). The molecule has 1 N–H and O–H groups in total. The highest BCUT2D eigenvalue weighted by Gasteiger charge is 2.38. The highest BCUT2D eigenvalue weighted by molar-refractivity contribution is 5.73. The molecule has 1 aromatic heterocycles. The van der Waals surface area contributed by atoms with Gasteiger partial charge in [-0.25, -0.2) is 9.18 Å². The Labute approximate surface area is 146 Å². The van der Waals surface area contributed by atoms with Crippen molar-refractivity contribution in [1.29, 1.82) is 0 Å². The molecule has 1 fully saturated rings. The Hall–Kier alpha value is -2.44. The zero-order valence-corrected chi connectivity index (χ0v) is 14.6. The summed E-state index contributed by atoms with van der Waals surface area (Å²) < 4.78 is 19.6. The summed E-state index contributed by atoms with van der Waals surface area (Å²) in [7, 11) is 1.67. The zero-order valence-electron chi connectivity index (χ0n) is 14.6. The summed E-state index contributed by atoms with van der Waals surface area (Å²) in [6.07, 6.45) is 3.84. The monoisotopic (exact) mass is 346 g/mol. The van der Waals surface area contributed by atoms with Crippen LogP contribution in [-0.2, 0) is 12.0 Å². The first kappa shape index (κ1) is 17.4. The Morgan fingerprint density at radius 2 is 2.04 bits per heavy atom. The molecule has 0 aliphatic heterocycles. The van der Waals surface area contributed by atoms with Gasteiger partial charge in [0.2, 0.25) is 11.8 Å². The van der Waals surface area contributed by atoms with E-state index >= 15 is 0 Å². The molecule has 134 valence electrons. The third kappa shape index (κ3) is 3.81. The van der Waals surface area contributed by atoms with Crippen LogP contribution in [0.25, 0.3) is 0 Å². The van der Waals surface area contributed by atoms with Crippen molar-refractivity contribution in [2.24, 2.45) is 0 Å². The van der Waals surface area contributed by atoms with Crippen LogP contribution in [-0.4, -0.2) is 34.7 Å². The van der Waals surface area contributed by atoms with Crippen molar-refractivity contribution in [3.05, 3.63) is 47.4 Å². The molecule has 6 nitrogen and oxygen atoms in total. The third-order valence-electron chi connectivity index (χ3n) is 4.87. The number of benzene rings is 1. The number of hydrogen-bond acceptors (Lipinski definition) is 4. The van der Waals surface area contributed by atoms with Gasteiger partial charge in [0.05, 0.1) is 0 Å². The van der Waals surface area contributed by atoms with Crippen LogP contribution in [0.15, 0.2) is 28.7 Å². The fraction of sp³-hybridized carbons (Fsp3) is 0.500. The van der Waals surface area contributed by atoms with Crippen molar-refractivity contribution < 1.29 is 13.6 Å². The number of aryl methyl sites for hydroxylation is 1. The first-order valence-electron chi connectivity index (χ1n) is 8.53. The maximum atomic E-state index is 14.3. The number of nitrogens with zero attached hydrogens (tertiary/aromatic N) is 3. The van der Waals surface area contributed by atoms with Crippen molar-refractivity contribution in [3.63, 3.8) is 0 Å². The summed E-state index contributed by atoms with van der Waals surface area (Å²) in [5.74, 6) is 0.654. The molecule has 1 saturated carbocycles. The lowest BCUT2D eigenvalue weighted by Gasteiger charge is -2.31. The van der Waals surface area contributed by atoms with Crippen LogP contribution in [0.3, 0.4) is 0 Å². The molecule has 1 aromatic carbocycles. The molecule has 0 bridgehead atoms. The van der Waals surface area contributed by atoms with Crippen LogP contribution >= 0.6 is 0 Å². The summed E-state index contributed by atoms with van der Waals surface area (Å²) >= 11 is 0. The highest BCUT2D eigenvalue weighted by atomic mass is 19.1. The highest BCUT2D eigenvalue weighted by Crippen LogP contribution is 2.41. The molecule has 2 amide bonds. The topological polar surface area (TPSA) is 71.3 Å². The molecule has 0 spiro atoms. The van der Waals surface area contributed by atoms with E-state index in [4.69, 9.17) is 4.42 Å². The van der Waals surface area contributed by atoms with Gasteiger partial charge in [-0.15, -0.1) is 10.2 Å². The Bertz CT molecular complexity index is 740. The number of urea groups is 1. The van der Waals surface area contributed by atoms with Crippen molar-refractivity contribution in [2.45, 2.75) is 44.6 Å². The molecule has 0 radical (unpaired) electrons. The minimum absolute atomic E-state index is 0.201. The predicted molar refractivity (Wildman–Crippen MR) is 90.4 cm³/mol. The van der Waals surface area contributed by atoms with Crippen molar-refractivity contribution >= 4 is 6.03 Å². The Morgan fingerprint density at radius 3 is 2.68 bits per heavy atom. The quantitative estimate of drug-likeness (QED) is 0.903. The van der Waals surface area contributed by atoms with Gasteiger partial charge in [0.1, 0.15) is 12.4 Å². The van der Waals surface area contributed by atoms with Crippen LogP contribution in [0.4, 0.5) is 9.18 Å². The van der Waals surface area contributed by atoms with Crippen LogP contribution in [0.2, 0.25) is 0 Å². The first-order valence-corrected chi connectivity index (χ1v) is 8.53. The number of nitrogens with one attached hydrogen (secondary N) is 1. The molecule has 0 atom stereocenters. The molecule has 25 heavy (non-hydrogen) atoms. The van der Waals surface area contributed by atoms with E-state index in [1.165, 1.54) is 11.0 Å². The first-order chi connectivity index (χ1) is 12.0. The Balaban J connectivity index is 1.65. The number of carbonyl (C=O) groups is 1. The number of amides is 2. The van der Waals surface area contributed by atoms with Gasteiger partial charge in [-0.1, -0.05) is 31.0 Å². The Kier molecular flexibility index (Phi) is 5.01. The van der Waals surface area contributed by atoms with E-state index in [1.54, 1.807) is 20.0 Å². The lowest BCUT2D eigenvalue weighted by atomic mass is 9.78. The zero-order chi connectivity index (χ0) is 17.9. The molecule has 1 heterocycles. The van der Waals surface area contributed by atoms with E-state index in [9.17, 15) is 9.18 Å². The minimum atomic E-state index is -0.330. The van der Waals surface area contributed by atoms with E-state index in [-0.39, 0.29) is 23.8 Å². The van der Waals surface area contributed by atoms with E-state index in [0.29, 0.717) is 23.9 Å². The molecule has 7 heteroatoms. The Morgan fingerprint density at radius 1 is 1.32 bits per heavy atom. The number of halogens is 1. The molecular formula is C18H23FN4O2. The van der Waals surface area contributed by atoms with Crippen LogP contribution in [0.1, 0.15) is 43.0 Å². The van der Waals surface area contributed by atoms with Gasteiger partial charge in [-0.3, -0.25) is 0 Å². The van der Waals surface area contributed by atoms with Crippen molar-refractivity contribution in [2.75, 3.05) is 13.6 Å². The largest absolute Gasteiger partial charge is 0.424 e. The maximum Gasteiger partial charge on any atom is 0.317 e. The summed E-state index contributed by atoms with van der Waals surface area (Å²) in [6.45, 7) is 2.36. The van der Waals surface area contributed by atoms with Gasteiger partial charge in [0, 0.05) is 25.9 Å². The second-order valence-electron chi connectivity index (χ2n) is 6.70. The SMILES string of the molecule is Cc1nnc(CN(C)C(=O)NCC2(c3ccccc3F)CCCC2)o1. The maximum absolute atomic E-state index is 14.3. The summed E-state index contributed by atoms with van der Waals surface area (Å²) in [6, 6.07) is 6.63. The van der Waals surface area contributed by atoms with E-state index in [0.717, 1.165) is 25.7 Å². The van der Waals surface area contributed by atoms with E-state index in [2.05, 4.69) is 15.5 Å². The second kappa shape index (κ2) is 7.21. The predicted octanol–water partition coefficient (Wildman–Crippen LogP) is 3.17. The molecule has 2 aromatic rings. The average molecular weight is 346 g/mol.